The summed E-state index contributed by atoms with van der Waals surface area (Å²) in [4.78, 5) is 54.5. The number of aromatic amines is 1. The van der Waals surface area contributed by atoms with E-state index in [1.807, 2.05) is 13.8 Å². The Morgan fingerprint density at radius 3 is 2.78 bits per heavy atom. The van der Waals surface area contributed by atoms with Crippen LogP contribution in [0.5, 0.6) is 0 Å². The lowest BCUT2D eigenvalue weighted by Gasteiger charge is -2.32. The van der Waals surface area contributed by atoms with Crippen molar-refractivity contribution >= 4 is 35.1 Å². The van der Waals surface area contributed by atoms with Gasteiger partial charge in [0.1, 0.15) is 11.9 Å². The van der Waals surface area contributed by atoms with Gasteiger partial charge in [-0.25, -0.2) is 4.79 Å². The van der Waals surface area contributed by atoms with Crippen LogP contribution >= 0.6 is 11.8 Å². The number of rotatable bonds is 5. The maximum absolute atomic E-state index is 13.1. The third-order valence-corrected chi connectivity index (χ3v) is 6.85. The molecule has 0 spiro atoms. The number of thioether (sulfide) groups is 1. The molecule has 3 heterocycles. The van der Waals surface area contributed by atoms with Crippen LogP contribution in [-0.4, -0.2) is 50.0 Å². The first kappa shape index (κ1) is 19.5. The number of anilines is 2. The Morgan fingerprint density at radius 1 is 1.41 bits per heavy atom. The van der Waals surface area contributed by atoms with E-state index in [-0.39, 0.29) is 28.2 Å². The molecule has 2 aliphatic rings. The largest absolute Gasteiger partial charge is 0.383 e. The molecule has 3 N–H and O–H groups in total. The molecule has 2 amide bonds. The first-order valence-electron chi connectivity index (χ1n) is 9.07. The van der Waals surface area contributed by atoms with E-state index in [4.69, 9.17) is 5.73 Å². The zero-order valence-electron chi connectivity index (χ0n) is 15.8. The molecule has 0 saturated carbocycles. The third kappa shape index (κ3) is 3.15. The highest BCUT2D eigenvalue weighted by Gasteiger charge is 2.53. The second-order valence-electron chi connectivity index (χ2n) is 7.16. The standard InChI is InChI=1S/C17H25N5O4S/c1-4-5-8-21-13(18)12(14(24)19-16(21)26)20(3)15(25)10-9-27-17(2)7-6-11(23)22(10)17/h10H,4-9,18H2,1-3H3,(H,19,24,26)/t10-,17-/m1/s1. The number of unbranched alkanes of at least 4 members (excludes halogenated alkanes) is 1. The van der Waals surface area contributed by atoms with Crippen molar-refractivity contribution < 1.29 is 9.59 Å². The van der Waals surface area contributed by atoms with Gasteiger partial charge in [0.05, 0.1) is 4.87 Å². The van der Waals surface area contributed by atoms with Crippen molar-refractivity contribution in [2.45, 2.75) is 57.0 Å². The third-order valence-electron chi connectivity index (χ3n) is 5.35. The summed E-state index contributed by atoms with van der Waals surface area (Å²) in [6.07, 6.45) is 2.69. The van der Waals surface area contributed by atoms with Gasteiger partial charge < -0.3 is 15.5 Å². The van der Waals surface area contributed by atoms with E-state index in [9.17, 15) is 19.2 Å². The first-order valence-corrected chi connectivity index (χ1v) is 10.1. The van der Waals surface area contributed by atoms with Crippen molar-refractivity contribution in [2.24, 2.45) is 0 Å². The number of H-pyrrole nitrogens is 1. The number of carbonyl (C=O) groups is 2. The Kier molecular flexibility index (Phi) is 5.11. The molecule has 1 aromatic rings. The Morgan fingerprint density at radius 2 is 2.11 bits per heavy atom. The maximum atomic E-state index is 13.1. The van der Waals surface area contributed by atoms with Crippen molar-refractivity contribution in [3.05, 3.63) is 20.8 Å². The maximum Gasteiger partial charge on any atom is 0.330 e. The first-order chi connectivity index (χ1) is 12.7. The van der Waals surface area contributed by atoms with Crippen LogP contribution in [0.4, 0.5) is 11.5 Å². The minimum absolute atomic E-state index is 0.0331. The van der Waals surface area contributed by atoms with Crippen LogP contribution in [0, 0.1) is 0 Å². The number of nitrogen functional groups attached to an aromatic ring is 1. The molecule has 3 rings (SSSR count). The summed E-state index contributed by atoms with van der Waals surface area (Å²) >= 11 is 1.58. The lowest BCUT2D eigenvalue weighted by atomic mass is 10.2. The summed E-state index contributed by atoms with van der Waals surface area (Å²) in [5.74, 6) is 0.0104. The monoisotopic (exact) mass is 395 g/mol. The SMILES string of the molecule is CCCCn1c(N)c(N(C)C(=O)[C@H]2CS[C@]3(C)CCC(=O)N23)c(=O)[nH]c1=O. The van der Waals surface area contributed by atoms with Gasteiger partial charge in [-0.05, 0) is 19.8 Å². The number of nitrogens with one attached hydrogen (secondary N) is 1. The molecule has 0 aromatic carbocycles. The van der Waals surface area contributed by atoms with Gasteiger partial charge in [0.25, 0.3) is 11.5 Å². The highest BCUT2D eigenvalue weighted by Crippen LogP contribution is 2.47. The average Bonchev–Trinajstić information content (AvgIpc) is 3.10. The molecular weight excluding hydrogens is 370 g/mol. The van der Waals surface area contributed by atoms with Gasteiger partial charge in [-0.1, -0.05) is 13.3 Å². The Labute approximate surface area is 160 Å². The molecule has 2 fully saturated rings. The predicted octanol–water partition coefficient (Wildman–Crippen LogP) is 0.336. The Hall–Kier alpha value is -2.23. The van der Waals surface area contributed by atoms with E-state index >= 15 is 0 Å². The highest BCUT2D eigenvalue weighted by atomic mass is 32.2. The van der Waals surface area contributed by atoms with Gasteiger partial charge in [0, 0.05) is 25.8 Å². The number of fused-ring (bicyclic) bond motifs is 1. The van der Waals surface area contributed by atoms with Crippen molar-refractivity contribution in [3.8, 4) is 0 Å². The molecule has 0 bridgehead atoms. The number of carbonyl (C=O) groups excluding carboxylic acids is 2. The van der Waals surface area contributed by atoms with Crippen LogP contribution in [0.25, 0.3) is 0 Å². The molecule has 2 aliphatic heterocycles. The second-order valence-corrected chi connectivity index (χ2v) is 8.66. The van der Waals surface area contributed by atoms with Gasteiger partial charge in [0.2, 0.25) is 5.91 Å². The normalized spacial score (nSPS) is 24.3. The fourth-order valence-electron chi connectivity index (χ4n) is 3.78. The Balaban J connectivity index is 1.95. The quantitative estimate of drug-likeness (QED) is 0.741. The van der Waals surface area contributed by atoms with Gasteiger partial charge >= 0.3 is 5.69 Å². The fourth-order valence-corrected chi connectivity index (χ4v) is 5.20. The summed E-state index contributed by atoms with van der Waals surface area (Å²) in [6.45, 7) is 4.29. The summed E-state index contributed by atoms with van der Waals surface area (Å²) in [5, 5.41) is 0. The number of aromatic nitrogens is 2. The summed E-state index contributed by atoms with van der Waals surface area (Å²) < 4.78 is 1.28. The minimum atomic E-state index is -0.706. The van der Waals surface area contributed by atoms with Crippen LogP contribution in [0.2, 0.25) is 0 Å². The van der Waals surface area contributed by atoms with E-state index in [2.05, 4.69) is 4.98 Å². The molecule has 1 aromatic heterocycles. The lowest BCUT2D eigenvalue weighted by molar-refractivity contribution is -0.136. The number of hydrogen-bond acceptors (Lipinski definition) is 6. The second kappa shape index (κ2) is 7.06. The van der Waals surface area contributed by atoms with E-state index in [0.717, 1.165) is 6.42 Å². The highest BCUT2D eigenvalue weighted by molar-refractivity contribution is 8.01. The molecule has 10 heteroatoms. The van der Waals surface area contributed by atoms with Crippen LogP contribution in [0.15, 0.2) is 9.59 Å². The van der Waals surface area contributed by atoms with Gasteiger partial charge in [-0.15, -0.1) is 11.8 Å². The number of nitrogens with two attached hydrogens (primary N) is 1. The molecule has 0 aliphatic carbocycles. The number of likely N-dealkylation sites (N-methyl/N-ethyl adjacent to an activating group) is 1. The molecule has 27 heavy (non-hydrogen) atoms. The molecule has 2 saturated heterocycles. The van der Waals surface area contributed by atoms with Crippen LogP contribution in [-0.2, 0) is 16.1 Å². The van der Waals surface area contributed by atoms with E-state index in [0.29, 0.717) is 31.6 Å². The van der Waals surface area contributed by atoms with E-state index < -0.39 is 17.3 Å². The molecule has 9 nitrogen and oxygen atoms in total. The minimum Gasteiger partial charge on any atom is -0.383 e. The van der Waals surface area contributed by atoms with Gasteiger partial charge in [-0.2, -0.15) is 0 Å². The number of nitrogens with zero attached hydrogens (tertiary/aromatic N) is 3. The Bertz CT molecular complexity index is 894. The zero-order valence-corrected chi connectivity index (χ0v) is 16.6. The number of hydrogen-bond donors (Lipinski definition) is 2. The van der Waals surface area contributed by atoms with Crippen molar-refractivity contribution in [3.63, 3.8) is 0 Å². The lowest BCUT2D eigenvalue weighted by Crippen LogP contribution is -2.52. The molecule has 0 radical (unpaired) electrons. The molecule has 2 atom stereocenters. The predicted molar refractivity (Wildman–Crippen MR) is 105 cm³/mol. The zero-order chi connectivity index (χ0) is 19.9. The summed E-state index contributed by atoms with van der Waals surface area (Å²) in [7, 11) is 1.46. The fraction of sp³-hybridized carbons (Fsp3) is 0.647. The average molecular weight is 395 g/mol. The molecular formula is C17H25N5O4S. The molecule has 0 unspecified atom stereocenters. The van der Waals surface area contributed by atoms with Crippen molar-refractivity contribution in [2.75, 3.05) is 23.4 Å². The van der Waals surface area contributed by atoms with Gasteiger partial charge in [0.15, 0.2) is 5.69 Å². The van der Waals surface area contributed by atoms with Crippen LogP contribution < -0.4 is 21.9 Å². The van der Waals surface area contributed by atoms with E-state index in [1.165, 1.54) is 16.5 Å². The van der Waals surface area contributed by atoms with Crippen LogP contribution in [0.1, 0.15) is 39.5 Å². The van der Waals surface area contributed by atoms with Crippen LogP contribution in [0.3, 0.4) is 0 Å². The van der Waals surface area contributed by atoms with E-state index in [1.54, 1.807) is 16.7 Å². The topological polar surface area (TPSA) is 121 Å². The van der Waals surface area contributed by atoms with Crippen molar-refractivity contribution in [1.29, 1.82) is 0 Å². The van der Waals surface area contributed by atoms with Gasteiger partial charge in [-0.3, -0.25) is 23.9 Å². The summed E-state index contributed by atoms with van der Waals surface area (Å²) in [6, 6.07) is -0.644. The van der Waals surface area contributed by atoms with Crippen molar-refractivity contribution in [1.82, 2.24) is 14.5 Å². The number of amides is 2. The smallest absolute Gasteiger partial charge is 0.330 e. The summed E-state index contributed by atoms with van der Waals surface area (Å²) in [5.41, 5.74) is 4.74. The molecule has 148 valence electrons.